The molecule has 2 aromatic carbocycles. The van der Waals surface area contributed by atoms with E-state index in [1.807, 2.05) is 38.1 Å². The maximum absolute atomic E-state index is 12.9. The lowest BCUT2D eigenvalue weighted by Crippen LogP contribution is -2.36. The Hall–Kier alpha value is -2.36. The summed E-state index contributed by atoms with van der Waals surface area (Å²) in [6.07, 6.45) is 0. The lowest BCUT2D eigenvalue weighted by molar-refractivity contribution is 0.237. The van der Waals surface area contributed by atoms with Crippen molar-refractivity contribution in [1.29, 1.82) is 0 Å². The van der Waals surface area contributed by atoms with E-state index in [0.29, 0.717) is 6.54 Å². The third kappa shape index (κ3) is 4.31. The van der Waals surface area contributed by atoms with Gasteiger partial charge in [-0.2, -0.15) is 0 Å². The highest BCUT2D eigenvalue weighted by Gasteiger charge is 2.09. The fraction of sp³-hybridized carbons (Fsp3) is 0.235. The number of carbonyl (C=O) groups is 1. The van der Waals surface area contributed by atoms with Gasteiger partial charge in [0.25, 0.3) is 0 Å². The van der Waals surface area contributed by atoms with E-state index in [-0.39, 0.29) is 17.9 Å². The predicted molar refractivity (Wildman–Crippen MR) is 81.4 cm³/mol. The van der Waals surface area contributed by atoms with Gasteiger partial charge < -0.3 is 10.6 Å². The molecule has 0 saturated carbocycles. The zero-order valence-electron chi connectivity index (χ0n) is 12.2. The number of nitrogens with one attached hydrogen (secondary N) is 2. The predicted octanol–water partition coefficient (Wildman–Crippen LogP) is 3.69. The van der Waals surface area contributed by atoms with Crippen molar-refractivity contribution in [3.8, 4) is 0 Å². The van der Waals surface area contributed by atoms with Gasteiger partial charge in [-0.3, -0.25) is 0 Å². The fourth-order valence-electron chi connectivity index (χ4n) is 2.07. The molecule has 0 aliphatic heterocycles. The van der Waals surface area contributed by atoms with Gasteiger partial charge in [0, 0.05) is 6.54 Å². The minimum atomic E-state index is -0.282. The van der Waals surface area contributed by atoms with Gasteiger partial charge in [0.15, 0.2) is 0 Å². The van der Waals surface area contributed by atoms with Gasteiger partial charge in [0.05, 0.1) is 6.04 Å². The summed E-state index contributed by atoms with van der Waals surface area (Å²) < 4.78 is 12.9. The lowest BCUT2D eigenvalue weighted by atomic mass is 10.1. The number of amides is 2. The highest BCUT2D eigenvalue weighted by molar-refractivity contribution is 5.74. The Balaban J connectivity index is 1.87. The Bertz CT molecular complexity index is 610. The van der Waals surface area contributed by atoms with E-state index < -0.39 is 0 Å². The Morgan fingerprint density at radius 3 is 2.48 bits per heavy atom. The molecule has 0 radical (unpaired) electrons. The van der Waals surface area contributed by atoms with E-state index in [9.17, 15) is 9.18 Å². The summed E-state index contributed by atoms with van der Waals surface area (Å²) in [6, 6.07) is 13.6. The summed E-state index contributed by atoms with van der Waals surface area (Å²) in [5.41, 5.74) is 3.09. The van der Waals surface area contributed by atoms with Crippen LogP contribution in [0.4, 0.5) is 9.18 Å². The lowest BCUT2D eigenvalue weighted by Gasteiger charge is -2.15. The maximum Gasteiger partial charge on any atom is 0.315 e. The van der Waals surface area contributed by atoms with Gasteiger partial charge in [0.2, 0.25) is 0 Å². The zero-order chi connectivity index (χ0) is 15.2. The molecule has 0 aliphatic carbocycles. The third-order valence-electron chi connectivity index (χ3n) is 3.42. The number of rotatable bonds is 4. The number of aryl methyl sites for hydroxylation is 1. The molecule has 0 saturated heterocycles. The Morgan fingerprint density at radius 1 is 1.14 bits per heavy atom. The second-order valence-electron chi connectivity index (χ2n) is 5.03. The van der Waals surface area contributed by atoms with Crippen LogP contribution < -0.4 is 10.6 Å². The number of urea groups is 1. The molecule has 4 heteroatoms. The van der Waals surface area contributed by atoms with E-state index in [2.05, 4.69) is 10.6 Å². The van der Waals surface area contributed by atoms with E-state index in [4.69, 9.17) is 0 Å². The van der Waals surface area contributed by atoms with E-state index in [1.165, 1.54) is 12.1 Å². The number of carbonyl (C=O) groups excluding carboxylic acids is 1. The summed E-state index contributed by atoms with van der Waals surface area (Å²) in [5, 5.41) is 5.66. The van der Waals surface area contributed by atoms with Crippen molar-refractivity contribution in [1.82, 2.24) is 10.6 Å². The number of hydrogen-bond acceptors (Lipinski definition) is 1. The second kappa shape index (κ2) is 6.88. The monoisotopic (exact) mass is 286 g/mol. The Morgan fingerprint density at radius 2 is 1.81 bits per heavy atom. The molecule has 1 atom stereocenters. The van der Waals surface area contributed by atoms with Crippen molar-refractivity contribution in [2.45, 2.75) is 26.4 Å². The van der Waals surface area contributed by atoms with Crippen molar-refractivity contribution in [2.75, 3.05) is 0 Å². The summed E-state index contributed by atoms with van der Waals surface area (Å²) in [6.45, 7) is 4.35. The molecule has 21 heavy (non-hydrogen) atoms. The summed E-state index contributed by atoms with van der Waals surface area (Å²) in [5.74, 6) is -0.282. The van der Waals surface area contributed by atoms with Crippen LogP contribution in [0.1, 0.15) is 29.7 Å². The molecule has 2 rings (SSSR count). The summed E-state index contributed by atoms with van der Waals surface area (Å²) in [7, 11) is 0. The minimum absolute atomic E-state index is 0.178. The summed E-state index contributed by atoms with van der Waals surface area (Å²) in [4.78, 5) is 11.9. The van der Waals surface area contributed by atoms with Crippen molar-refractivity contribution in [2.24, 2.45) is 0 Å². The van der Waals surface area contributed by atoms with Crippen LogP contribution in [0.5, 0.6) is 0 Å². The van der Waals surface area contributed by atoms with Crippen LogP contribution in [0.25, 0.3) is 0 Å². The quantitative estimate of drug-likeness (QED) is 0.884. The van der Waals surface area contributed by atoms with Crippen LogP contribution in [0.2, 0.25) is 0 Å². The summed E-state index contributed by atoms with van der Waals surface area (Å²) >= 11 is 0. The van der Waals surface area contributed by atoms with Crippen LogP contribution in [-0.2, 0) is 6.54 Å². The average molecular weight is 286 g/mol. The van der Waals surface area contributed by atoms with Gasteiger partial charge in [-0.25, -0.2) is 9.18 Å². The standard InChI is InChI=1S/C17H19FN2O/c1-12-5-3-4-6-15(12)11-19-17(21)20-13(2)14-7-9-16(18)10-8-14/h3-10,13H,11H2,1-2H3,(H2,19,20,21). The molecule has 0 aromatic heterocycles. The smallest absolute Gasteiger partial charge is 0.315 e. The van der Waals surface area contributed by atoms with E-state index >= 15 is 0 Å². The molecule has 0 aliphatic rings. The van der Waals surface area contributed by atoms with Crippen molar-refractivity contribution in [3.63, 3.8) is 0 Å². The molecule has 2 N–H and O–H groups in total. The minimum Gasteiger partial charge on any atom is -0.334 e. The van der Waals surface area contributed by atoms with Gasteiger partial charge in [-0.05, 0) is 42.7 Å². The molecular weight excluding hydrogens is 267 g/mol. The first-order valence-corrected chi connectivity index (χ1v) is 6.90. The van der Waals surface area contributed by atoms with Gasteiger partial charge in [-0.1, -0.05) is 36.4 Å². The Kier molecular flexibility index (Phi) is 4.93. The van der Waals surface area contributed by atoms with Gasteiger partial charge in [0.1, 0.15) is 5.82 Å². The number of hydrogen-bond donors (Lipinski definition) is 2. The molecule has 2 amide bonds. The molecule has 3 nitrogen and oxygen atoms in total. The molecule has 0 fully saturated rings. The van der Waals surface area contributed by atoms with E-state index in [0.717, 1.165) is 16.7 Å². The molecule has 2 aromatic rings. The molecule has 110 valence electrons. The van der Waals surface area contributed by atoms with Crippen LogP contribution >= 0.6 is 0 Å². The molecular formula is C17H19FN2O. The van der Waals surface area contributed by atoms with E-state index in [1.54, 1.807) is 12.1 Å². The highest BCUT2D eigenvalue weighted by Crippen LogP contribution is 2.12. The van der Waals surface area contributed by atoms with Gasteiger partial charge >= 0.3 is 6.03 Å². The van der Waals surface area contributed by atoms with Crippen molar-refractivity contribution in [3.05, 3.63) is 71.0 Å². The van der Waals surface area contributed by atoms with Crippen LogP contribution in [0.15, 0.2) is 48.5 Å². The van der Waals surface area contributed by atoms with Crippen molar-refractivity contribution >= 4 is 6.03 Å². The van der Waals surface area contributed by atoms with Crippen LogP contribution in [0, 0.1) is 12.7 Å². The molecule has 0 bridgehead atoms. The normalized spacial score (nSPS) is 11.8. The number of benzene rings is 2. The topological polar surface area (TPSA) is 41.1 Å². The van der Waals surface area contributed by atoms with Gasteiger partial charge in [-0.15, -0.1) is 0 Å². The average Bonchev–Trinajstić information content (AvgIpc) is 2.47. The zero-order valence-corrected chi connectivity index (χ0v) is 12.2. The highest BCUT2D eigenvalue weighted by atomic mass is 19.1. The number of halogens is 1. The fourth-order valence-corrected chi connectivity index (χ4v) is 2.07. The Labute approximate surface area is 124 Å². The third-order valence-corrected chi connectivity index (χ3v) is 3.42. The first-order chi connectivity index (χ1) is 10.1. The second-order valence-corrected chi connectivity index (χ2v) is 5.03. The maximum atomic E-state index is 12.9. The first-order valence-electron chi connectivity index (χ1n) is 6.90. The molecule has 1 unspecified atom stereocenters. The van der Waals surface area contributed by atoms with Crippen LogP contribution in [-0.4, -0.2) is 6.03 Å². The largest absolute Gasteiger partial charge is 0.334 e. The molecule has 0 heterocycles. The van der Waals surface area contributed by atoms with Crippen LogP contribution in [0.3, 0.4) is 0 Å². The SMILES string of the molecule is Cc1ccccc1CNC(=O)NC(C)c1ccc(F)cc1. The van der Waals surface area contributed by atoms with Crippen molar-refractivity contribution < 1.29 is 9.18 Å². The first kappa shape index (κ1) is 15.0. The molecule has 0 spiro atoms.